The van der Waals surface area contributed by atoms with Crippen molar-refractivity contribution in [3.8, 4) is 0 Å². The van der Waals surface area contributed by atoms with Gasteiger partial charge >= 0.3 is 0 Å². The number of nitrogens with one attached hydrogen (secondary N) is 1. The molecule has 0 aromatic carbocycles. The summed E-state index contributed by atoms with van der Waals surface area (Å²) in [6.07, 6.45) is 2.14. The normalized spacial score (nSPS) is 27.3. The van der Waals surface area contributed by atoms with Crippen LogP contribution in [-0.2, 0) is 26.0 Å². The molecule has 2 aliphatic heterocycles. The second-order valence-corrected chi connectivity index (χ2v) is 8.03. The van der Waals surface area contributed by atoms with Crippen molar-refractivity contribution in [3.05, 3.63) is 24.2 Å². The molecule has 8 heteroatoms. The molecular formula is C14H18N2O5S. The van der Waals surface area contributed by atoms with E-state index in [9.17, 15) is 18.0 Å². The van der Waals surface area contributed by atoms with E-state index in [0.717, 1.165) is 0 Å². The van der Waals surface area contributed by atoms with Gasteiger partial charge in [-0.05, 0) is 18.6 Å². The molecule has 0 saturated carbocycles. The Labute approximate surface area is 128 Å². The standard InChI is InChI=1S/C14H18N2O5S/c17-13-6-10(14(18)15-7-12-2-1-4-21-12)8-16(13)11-3-5-22(19,20)9-11/h1-2,4,10-11H,3,5-9H2,(H,15,18)/t10-,11-/m1/s1. The fourth-order valence-corrected chi connectivity index (χ4v) is 4.74. The molecular weight excluding hydrogens is 308 g/mol. The minimum atomic E-state index is -3.04. The Bertz CT molecular complexity index is 667. The summed E-state index contributed by atoms with van der Waals surface area (Å²) in [5.41, 5.74) is 0. The molecule has 0 spiro atoms. The van der Waals surface area contributed by atoms with Gasteiger partial charge in [-0.2, -0.15) is 0 Å². The van der Waals surface area contributed by atoms with Crippen molar-refractivity contribution in [2.45, 2.75) is 25.4 Å². The van der Waals surface area contributed by atoms with E-state index in [4.69, 9.17) is 4.42 Å². The van der Waals surface area contributed by atoms with Crippen molar-refractivity contribution in [2.24, 2.45) is 5.92 Å². The van der Waals surface area contributed by atoms with Crippen molar-refractivity contribution in [2.75, 3.05) is 18.1 Å². The highest BCUT2D eigenvalue weighted by Gasteiger charge is 2.41. The third-order valence-electron chi connectivity index (χ3n) is 4.20. The third kappa shape index (κ3) is 3.16. The Balaban J connectivity index is 1.56. The van der Waals surface area contributed by atoms with Crippen molar-refractivity contribution >= 4 is 21.7 Å². The van der Waals surface area contributed by atoms with Crippen LogP contribution < -0.4 is 5.32 Å². The second-order valence-electron chi connectivity index (χ2n) is 5.80. The first-order valence-electron chi connectivity index (χ1n) is 7.24. The van der Waals surface area contributed by atoms with Gasteiger partial charge in [0.25, 0.3) is 0 Å². The van der Waals surface area contributed by atoms with E-state index in [1.807, 2.05) is 0 Å². The number of amides is 2. The Morgan fingerprint density at radius 1 is 1.45 bits per heavy atom. The molecule has 0 aliphatic carbocycles. The van der Waals surface area contributed by atoms with Crippen molar-refractivity contribution in [1.29, 1.82) is 0 Å². The molecule has 1 N–H and O–H groups in total. The van der Waals surface area contributed by atoms with Crippen LogP contribution in [0.3, 0.4) is 0 Å². The monoisotopic (exact) mass is 326 g/mol. The lowest BCUT2D eigenvalue weighted by molar-refractivity contribution is -0.130. The summed E-state index contributed by atoms with van der Waals surface area (Å²) in [6, 6.07) is 3.22. The summed E-state index contributed by atoms with van der Waals surface area (Å²) < 4.78 is 28.2. The van der Waals surface area contributed by atoms with E-state index in [0.29, 0.717) is 18.7 Å². The number of sulfone groups is 1. The quantitative estimate of drug-likeness (QED) is 0.835. The van der Waals surface area contributed by atoms with Gasteiger partial charge in [-0.25, -0.2) is 8.42 Å². The Morgan fingerprint density at radius 2 is 2.27 bits per heavy atom. The number of nitrogens with zero attached hydrogens (tertiary/aromatic N) is 1. The van der Waals surface area contributed by atoms with Crippen molar-refractivity contribution in [1.82, 2.24) is 10.2 Å². The van der Waals surface area contributed by atoms with Gasteiger partial charge in [0.05, 0.1) is 30.2 Å². The minimum Gasteiger partial charge on any atom is -0.467 e. The summed E-state index contributed by atoms with van der Waals surface area (Å²) in [4.78, 5) is 25.7. The molecule has 2 fully saturated rings. The average molecular weight is 326 g/mol. The number of hydrogen-bond donors (Lipinski definition) is 1. The Hall–Kier alpha value is -1.83. The predicted octanol–water partition coefficient (Wildman–Crippen LogP) is -0.0686. The van der Waals surface area contributed by atoms with Gasteiger partial charge in [-0.3, -0.25) is 9.59 Å². The van der Waals surface area contributed by atoms with E-state index in [1.165, 1.54) is 6.26 Å². The van der Waals surface area contributed by atoms with Gasteiger partial charge in [0.1, 0.15) is 5.76 Å². The van der Waals surface area contributed by atoms with E-state index in [1.54, 1.807) is 17.0 Å². The van der Waals surface area contributed by atoms with Gasteiger partial charge in [0, 0.05) is 19.0 Å². The van der Waals surface area contributed by atoms with Crippen LogP contribution in [0.4, 0.5) is 0 Å². The maximum Gasteiger partial charge on any atom is 0.225 e. The SMILES string of the molecule is O=C(NCc1ccco1)[C@@H]1CC(=O)N([C@@H]2CCS(=O)(=O)C2)C1. The number of hydrogen-bond acceptors (Lipinski definition) is 5. The fourth-order valence-electron chi connectivity index (χ4n) is 3.01. The maximum absolute atomic E-state index is 12.1. The Kier molecular flexibility index (Phi) is 3.94. The highest BCUT2D eigenvalue weighted by Crippen LogP contribution is 2.26. The number of likely N-dealkylation sites (tertiary alicyclic amines) is 1. The summed E-state index contributed by atoms with van der Waals surface area (Å²) >= 11 is 0. The largest absolute Gasteiger partial charge is 0.467 e. The molecule has 0 radical (unpaired) electrons. The first-order valence-corrected chi connectivity index (χ1v) is 9.07. The summed E-state index contributed by atoms with van der Waals surface area (Å²) in [5, 5.41) is 2.75. The fraction of sp³-hybridized carbons (Fsp3) is 0.571. The molecule has 1 aromatic rings. The van der Waals surface area contributed by atoms with Crippen LogP contribution in [0.25, 0.3) is 0 Å². The average Bonchev–Trinajstić information content (AvgIpc) is 3.16. The molecule has 2 atom stereocenters. The van der Waals surface area contributed by atoms with Crippen LogP contribution >= 0.6 is 0 Å². The van der Waals surface area contributed by atoms with E-state index in [2.05, 4.69) is 5.32 Å². The molecule has 1 aromatic heterocycles. The van der Waals surface area contributed by atoms with Crippen molar-refractivity contribution in [3.63, 3.8) is 0 Å². The van der Waals surface area contributed by atoms with Crippen LogP contribution in [0, 0.1) is 5.92 Å². The van der Waals surface area contributed by atoms with Gasteiger partial charge < -0.3 is 14.6 Å². The summed E-state index contributed by atoms with van der Waals surface area (Å²) in [7, 11) is -3.04. The number of carbonyl (C=O) groups is 2. The molecule has 3 rings (SSSR count). The third-order valence-corrected chi connectivity index (χ3v) is 5.95. The van der Waals surface area contributed by atoms with Gasteiger partial charge in [-0.1, -0.05) is 0 Å². The molecule has 120 valence electrons. The molecule has 2 aliphatic rings. The van der Waals surface area contributed by atoms with Crippen LogP contribution in [0.1, 0.15) is 18.6 Å². The lowest BCUT2D eigenvalue weighted by atomic mass is 10.1. The molecule has 0 unspecified atom stereocenters. The van der Waals surface area contributed by atoms with Crippen LogP contribution in [-0.4, -0.2) is 49.2 Å². The van der Waals surface area contributed by atoms with E-state index in [-0.39, 0.29) is 42.3 Å². The Morgan fingerprint density at radius 3 is 2.91 bits per heavy atom. The molecule has 3 heterocycles. The zero-order valence-corrected chi connectivity index (χ0v) is 12.8. The predicted molar refractivity (Wildman–Crippen MR) is 77.4 cm³/mol. The number of rotatable bonds is 4. The topological polar surface area (TPSA) is 96.7 Å². The maximum atomic E-state index is 12.1. The van der Waals surface area contributed by atoms with Crippen LogP contribution in [0.2, 0.25) is 0 Å². The highest BCUT2D eigenvalue weighted by molar-refractivity contribution is 7.91. The molecule has 7 nitrogen and oxygen atoms in total. The van der Waals surface area contributed by atoms with Crippen LogP contribution in [0.5, 0.6) is 0 Å². The lowest BCUT2D eigenvalue weighted by Crippen LogP contribution is -2.38. The molecule has 22 heavy (non-hydrogen) atoms. The first-order chi connectivity index (χ1) is 10.4. The molecule has 2 saturated heterocycles. The van der Waals surface area contributed by atoms with E-state index >= 15 is 0 Å². The van der Waals surface area contributed by atoms with Crippen LogP contribution in [0.15, 0.2) is 22.8 Å². The number of furan rings is 1. The van der Waals surface area contributed by atoms with Gasteiger partial charge in [0.2, 0.25) is 11.8 Å². The van der Waals surface area contributed by atoms with Crippen molar-refractivity contribution < 1.29 is 22.4 Å². The highest BCUT2D eigenvalue weighted by atomic mass is 32.2. The van der Waals surface area contributed by atoms with E-state index < -0.39 is 15.8 Å². The second kappa shape index (κ2) is 5.75. The number of carbonyl (C=O) groups excluding carboxylic acids is 2. The smallest absolute Gasteiger partial charge is 0.225 e. The summed E-state index contributed by atoms with van der Waals surface area (Å²) in [6.45, 7) is 0.581. The zero-order chi connectivity index (χ0) is 15.7. The van der Waals surface area contributed by atoms with Gasteiger partial charge in [-0.15, -0.1) is 0 Å². The lowest BCUT2D eigenvalue weighted by Gasteiger charge is -2.22. The van der Waals surface area contributed by atoms with Gasteiger partial charge in [0.15, 0.2) is 9.84 Å². The zero-order valence-electron chi connectivity index (χ0n) is 12.0. The first kappa shape index (κ1) is 15.1. The summed E-state index contributed by atoms with van der Waals surface area (Å²) in [5.74, 6) is 0.0200. The minimum absolute atomic E-state index is 0.0134. The molecule has 2 amide bonds. The molecule has 0 bridgehead atoms.